The van der Waals surface area contributed by atoms with Crippen LogP contribution in [0.3, 0.4) is 0 Å². The molecule has 0 spiro atoms. The van der Waals surface area contributed by atoms with Gasteiger partial charge in [0.25, 0.3) is 0 Å². The van der Waals surface area contributed by atoms with Gasteiger partial charge in [-0.25, -0.2) is 4.79 Å². The number of hydrogen-bond donors (Lipinski definition) is 1. The maximum atomic E-state index is 13.8. The van der Waals surface area contributed by atoms with E-state index in [0.717, 1.165) is 32.2 Å². The first-order chi connectivity index (χ1) is 17.2. The van der Waals surface area contributed by atoms with Crippen molar-refractivity contribution in [2.45, 2.75) is 97.8 Å². The largest absolute Gasteiger partial charge is 0.467 e. The van der Waals surface area contributed by atoms with Gasteiger partial charge in [-0.05, 0) is 57.5 Å². The number of likely N-dealkylation sites (tertiary alicyclic amines) is 2. The number of ether oxygens (including phenoxy) is 1. The Labute approximate surface area is 222 Å². The van der Waals surface area contributed by atoms with Gasteiger partial charge in [-0.1, -0.05) is 47.1 Å². The van der Waals surface area contributed by atoms with Crippen LogP contribution in [0.15, 0.2) is 11.6 Å². The van der Waals surface area contributed by atoms with Gasteiger partial charge in [-0.3, -0.25) is 19.3 Å². The van der Waals surface area contributed by atoms with Crippen LogP contribution >= 0.6 is 0 Å². The van der Waals surface area contributed by atoms with Crippen molar-refractivity contribution < 1.29 is 23.9 Å². The van der Waals surface area contributed by atoms with E-state index in [1.807, 2.05) is 47.7 Å². The number of likely N-dealkylation sites (N-methyl/N-ethyl adjacent to an activating group) is 2. The molecule has 37 heavy (non-hydrogen) atoms. The fourth-order valence-corrected chi connectivity index (χ4v) is 5.34. The lowest BCUT2D eigenvalue weighted by Crippen LogP contribution is -2.59. The lowest BCUT2D eigenvalue weighted by molar-refractivity contribution is -0.149. The molecule has 0 radical (unpaired) electrons. The molecule has 0 saturated carbocycles. The number of amides is 3. The summed E-state index contributed by atoms with van der Waals surface area (Å²) in [6, 6.07) is -1.89. The van der Waals surface area contributed by atoms with E-state index in [1.165, 1.54) is 7.11 Å². The Hall–Kier alpha value is -2.42. The normalized spacial score (nSPS) is 23.0. The third-order valence-electron chi connectivity index (χ3n) is 7.70. The average Bonchev–Trinajstić information content (AvgIpc) is 3.33. The maximum Gasteiger partial charge on any atom is 0.328 e. The number of rotatable bonds is 8. The third kappa shape index (κ3) is 7.55. The molecule has 4 atom stereocenters. The van der Waals surface area contributed by atoms with Crippen molar-refractivity contribution in [1.82, 2.24) is 20.0 Å². The molecule has 0 aromatic carbocycles. The second kappa shape index (κ2) is 12.9. The maximum absolute atomic E-state index is 13.8. The van der Waals surface area contributed by atoms with Crippen molar-refractivity contribution in [3.05, 3.63) is 11.6 Å². The summed E-state index contributed by atoms with van der Waals surface area (Å²) in [5, 5.41) is 3.06. The zero-order chi connectivity index (χ0) is 28.1. The minimum Gasteiger partial charge on any atom is -0.467 e. The Morgan fingerprint density at radius 3 is 2.19 bits per heavy atom. The van der Waals surface area contributed by atoms with Gasteiger partial charge in [0.2, 0.25) is 17.7 Å². The summed E-state index contributed by atoms with van der Waals surface area (Å²) in [6.45, 7) is 12.9. The molecule has 0 aliphatic carbocycles. The van der Waals surface area contributed by atoms with Crippen LogP contribution in [0.5, 0.6) is 0 Å². The summed E-state index contributed by atoms with van der Waals surface area (Å²) in [5.41, 5.74) is -0.0255. The van der Waals surface area contributed by atoms with Gasteiger partial charge in [-0.2, -0.15) is 0 Å². The van der Waals surface area contributed by atoms with Gasteiger partial charge in [0.15, 0.2) is 0 Å². The summed E-state index contributed by atoms with van der Waals surface area (Å²) in [6.07, 6.45) is 5.99. The fourth-order valence-electron chi connectivity index (χ4n) is 5.34. The standard InChI is InChI=1S/C28H48N4O5/c1-18(2)22(17-19(3)25(34)32-16-12-14-21(32)27(36)37-9)31(8)26(35)23(28(4,5)6)29-24(33)20-13-10-11-15-30(20)7/h17-18,20-23H,10-16H2,1-9H3,(H,29,33)/b19-17+/t20?,21?,22-,23-/m1/s1. The summed E-state index contributed by atoms with van der Waals surface area (Å²) in [7, 11) is 5.01. The van der Waals surface area contributed by atoms with Gasteiger partial charge < -0.3 is 19.9 Å². The molecule has 210 valence electrons. The summed E-state index contributed by atoms with van der Waals surface area (Å²) in [5.74, 6) is -0.913. The van der Waals surface area contributed by atoms with Gasteiger partial charge in [0.05, 0.1) is 19.2 Å². The highest BCUT2D eigenvalue weighted by Crippen LogP contribution is 2.26. The van der Waals surface area contributed by atoms with E-state index in [4.69, 9.17) is 4.74 Å². The number of methoxy groups -OCH3 is 1. The molecule has 2 aliphatic rings. The molecule has 9 heteroatoms. The summed E-state index contributed by atoms with van der Waals surface area (Å²) >= 11 is 0. The van der Waals surface area contributed by atoms with Crippen molar-refractivity contribution in [3.8, 4) is 0 Å². The number of nitrogens with one attached hydrogen (secondary N) is 1. The van der Waals surface area contributed by atoms with E-state index in [1.54, 1.807) is 23.8 Å². The lowest BCUT2D eigenvalue weighted by Gasteiger charge is -2.39. The Morgan fingerprint density at radius 1 is 1.03 bits per heavy atom. The highest BCUT2D eigenvalue weighted by atomic mass is 16.5. The quantitative estimate of drug-likeness (QED) is 0.390. The van der Waals surface area contributed by atoms with Crippen molar-refractivity contribution in [2.24, 2.45) is 11.3 Å². The fraction of sp³-hybridized carbons (Fsp3) is 0.786. The highest BCUT2D eigenvalue weighted by Gasteiger charge is 2.40. The zero-order valence-electron chi connectivity index (χ0n) is 24.3. The molecule has 0 bridgehead atoms. The molecule has 2 rings (SSSR count). The van der Waals surface area contributed by atoms with Gasteiger partial charge >= 0.3 is 5.97 Å². The monoisotopic (exact) mass is 520 g/mol. The van der Waals surface area contributed by atoms with E-state index >= 15 is 0 Å². The minimum absolute atomic E-state index is 0.0208. The Kier molecular flexibility index (Phi) is 10.7. The van der Waals surface area contributed by atoms with Gasteiger partial charge in [0, 0.05) is 19.2 Å². The topological polar surface area (TPSA) is 99.3 Å². The van der Waals surface area contributed by atoms with E-state index in [2.05, 4.69) is 10.2 Å². The molecule has 2 heterocycles. The second-order valence-electron chi connectivity index (χ2n) is 12.0. The van der Waals surface area contributed by atoms with E-state index in [0.29, 0.717) is 18.5 Å². The predicted octanol–water partition coefficient (Wildman–Crippen LogP) is 2.59. The highest BCUT2D eigenvalue weighted by molar-refractivity contribution is 5.96. The van der Waals surface area contributed by atoms with Crippen molar-refractivity contribution >= 4 is 23.7 Å². The number of hydrogen-bond acceptors (Lipinski definition) is 6. The SMILES string of the molecule is COC(=O)C1CCCN1C(=O)/C(C)=C/[C@H](C(C)C)N(C)C(=O)[C@@H](NC(=O)C1CCCCN1C)C(C)(C)C. The summed E-state index contributed by atoms with van der Waals surface area (Å²) < 4.78 is 4.88. The van der Waals surface area contributed by atoms with Crippen molar-refractivity contribution in [3.63, 3.8) is 0 Å². The number of nitrogens with zero attached hydrogens (tertiary/aromatic N) is 3. The van der Waals surface area contributed by atoms with Crippen molar-refractivity contribution in [2.75, 3.05) is 34.3 Å². The molecular weight excluding hydrogens is 472 g/mol. The zero-order valence-corrected chi connectivity index (χ0v) is 24.3. The lowest BCUT2D eigenvalue weighted by atomic mass is 9.84. The smallest absolute Gasteiger partial charge is 0.328 e. The van der Waals surface area contributed by atoms with E-state index in [-0.39, 0.29) is 35.7 Å². The number of esters is 1. The Bertz CT molecular complexity index is 878. The first-order valence-electron chi connectivity index (χ1n) is 13.5. The minimum atomic E-state index is -0.715. The van der Waals surface area contributed by atoms with Crippen LogP contribution in [0.4, 0.5) is 0 Å². The molecule has 2 unspecified atom stereocenters. The summed E-state index contributed by atoms with van der Waals surface area (Å²) in [4.78, 5) is 57.7. The van der Waals surface area contributed by atoms with Crippen LogP contribution in [0.2, 0.25) is 0 Å². The molecule has 1 N–H and O–H groups in total. The number of carbonyl (C=O) groups excluding carboxylic acids is 4. The third-order valence-corrected chi connectivity index (χ3v) is 7.70. The molecule has 3 amide bonds. The number of piperidine rings is 1. The Balaban J connectivity index is 2.25. The first kappa shape index (κ1) is 30.8. The van der Waals surface area contributed by atoms with E-state index < -0.39 is 23.5 Å². The molecule has 0 aromatic heterocycles. The van der Waals surface area contributed by atoms with Crippen LogP contribution in [0, 0.1) is 11.3 Å². The van der Waals surface area contributed by atoms with E-state index in [9.17, 15) is 19.2 Å². The molecule has 2 fully saturated rings. The van der Waals surface area contributed by atoms with Crippen LogP contribution in [-0.2, 0) is 23.9 Å². The molecule has 9 nitrogen and oxygen atoms in total. The Morgan fingerprint density at radius 2 is 1.65 bits per heavy atom. The first-order valence-corrected chi connectivity index (χ1v) is 13.5. The molecule has 2 aliphatic heterocycles. The predicted molar refractivity (Wildman–Crippen MR) is 144 cm³/mol. The van der Waals surface area contributed by atoms with Gasteiger partial charge in [0.1, 0.15) is 12.1 Å². The van der Waals surface area contributed by atoms with Crippen molar-refractivity contribution in [1.29, 1.82) is 0 Å². The van der Waals surface area contributed by atoms with Gasteiger partial charge in [-0.15, -0.1) is 0 Å². The second-order valence-corrected chi connectivity index (χ2v) is 12.0. The molecular formula is C28H48N4O5. The molecule has 2 saturated heterocycles. The number of carbonyl (C=O) groups is 4. The van der Waals surface area contributed by atoms with Crippen LogP contribution in [-0.4, -0.2) is 96.9 Å². The van der Waals surface area contributed by atoms with Crippen LogP contribution < -0.4 is 5.32 Å². The van der Waals surface area contributed by atoms with Crippen LogP contribution in [0.1, 0.15) is 73.6 Å². The average molecular weight is 521 g/mol. The van der Waals surface area contributed by atoms with Crippen LogP contribution in [0.25, 0.3) is 0 Å². The molecule has 0 aromatic rings.